The monoisotopic (exact) mass is 258 g/mol. The fourth-order valence-electron chi connectivity index (χ4n) is 2.27. The molecule has 0 aliphatic heterocycles. The standard InChI is InChI=1S/C16H36NO/c1-4-6-7-8-9-10-11-12-13-14-15-16-17(3,18)5-2/h18H,4-16H2,1-3H3/q+1. The Hall–Kier alpha value is -0.0800. The van der Waals surface area contributed by atoms with Gasteiger partial charge in [0.25, 0.3) is 0 Å². The second-order valence-corrected chi connectivity index (χ2v) is 5.91. The summed E-state index contributed by atoms with van der Waals surface area (Å²) in [6, 6.07) is 0. The Morgan fingerprint density at radius 1 is 0.667 bits per heavy atom. The van der Waals surface area contributed by atoms with Gasteiger partial charge in [-0.2, -0.15) is 4.65 Å². The van der Waals surface area contributed by atoms with E-state index in [9.17, 15) is 5.21 Å². The molecule has 1 N–H and O–H groups in total. The van der Waals surface area contributed by atoms with Crippen LogP contribution < -0.4 is 0 Å². The summed E-state index contributed by atoms with van der Waals surface area (Å²) >= 11 is 0. The van der Waals surface area contributed by atoms with Crippen LogP contribution in [0.2, 0.25) is 0 Å². The Kier molecular flexibility index (Phi) is 11.9. The number of hydroxylamine groups is 3. The van der Waals surface area contributed by atoms with E-state index in [0.717, 1.165) is 19.5 Å². The van der Waals surface area contributed by atoms with Gasteiger partial charge < -0.3 is 0 Å². The third-order valence-corrected chi connectivity index (χ3v) is 3.92. The van der Waals surface area contributed by atoms with E-state index in [2.05, 4.69) is 6.92 Å². The third-order valence-electron chi connectivity index (χ3n) is 3.92. The normalized spacial score (nSPS) is 14.7. The number of quaternary nitrogens is 1. The first-order chi connectivity index (χ1) is 8.62. The topological polar surface area (TPSA) is 20.2 Å². The molecule has 0 saturated carbocycles. The molecule has 2 heteroatoms. The van der Waals surface area contributed by atoms with Crippen molar-refractivity contribution in [3.63, 3.8) is 0 Å². The zero-order valence-corrected chi connectivity index (χ0v) is 13.1. The van der Waals surface area contributed by atoms with Crippen LogP contribution in [-0.4, -0.2) is 30.0 Å². The van der Waals surface area contributed by atoms with Crippen molar-refractivity contribution in [2.24, 2.45) is 0 Å². The molecule has 0 amide bonds. The average molecular weight is 258 g/mol. The summed E-state index contributed by atoms with van der Waals surface area (Å²) in [5, 5.41) is 9.80. The molecule has 0 bridgehead atoms. The maximum Gasteiger partial charge on any atom is 0.108 e. The molecule has 0 aliphatic rings. The van der Waals surface area contributed by atoms with Gasteiger partial charge in [-0.25, -0.2) is 5.21 Å². The molecule has 0 rings (SSSR count). The van der Waals surface area contributed by atoms with Crippen LogP contribution in [0.15, 0.2) is 0 Å². The minimum atomic E-state index is 0.192. The van der Waals surface area contributed by atoms with E-state index in [0.29, 0.717) is 0 Å². The Balaban J connectivity index is 3.08. The molecule has 1 unspecified atom stereocenters. The van der Waals surface area contributed by atoms with Gasteiger partial charge in [0, 0.05) is 0 Å². The first-order valence-electron chi connectivity index (χ1n) is 8.19. The Morgan fingerprint density at radius 2 is 1.06 bits per heavy atom. The number of unbranched alkanes of at least 4 members (excludes halogenated alkanes) is 10. The predicted octanol–water partition coefficient (Wildman–Crippen LogP) is 5.15. The Morgan fingerprint density at radius 3 is 1.44 bits per heavy atom. The van der Waals surface area contributed by atoms with Crippen LogP contribution in [0.4, 0.5) is 0 Å². The van der Waals surface area contributed by atoms with E-state index in [1.165, 1.54) is 64.2 Å². The minimum Gasteiger partial charge on any atom is -0.217 e. The molecule has 18 heavy (non-hydrogen) atoms. The summed E-state index contributed by atoms with van der Waals surface area (Å²) < 4.78 is 0.192. The summed E-state index contributed by atoms with van der Waals surface area (Å²) in [5.74, 6) is 0. The van der Waals surface area contributed by atoms with Gasteiger partial charge in [0.15, 0.2) is 0 Å². The lowest BCUT2D eigenvalue weighted by atomic mass is 10.1. The van der Waals surface area contributed by atoms with Gasteiger partial charge in [0.1, 0.15) is 13.1 Å². The van der Waals surface area contributed by atoms with E-state index in [4.69, 9.17) is 0 Å². The third kappa shape index (κ3) is 12.4. The summed E-state index contributed by atoms with van der Waals surface area (Å²) in [7, 11) is 1.90. The van der Waals surface area contributed by atoms with Crippen molar-refractivity contribution in [2.45, 2.75) is 84.5 Å². The lowest BCUT2D eigenvalue weighted by Gasteiger charge is -2.23. The highest BCUT2D eigenvalue weighted by Crippen LogP contribution is 2.11. The first kappa shape index (κ1) is 17.9. The summed E-state index contributed by atoms with van der Waals surface area (Å²) in [6.45, 7) is 6.04. The van der Waals surface area contributed by atoms with Gasteiger partial charge in [-0.3, -0.25) is 0 Å². The maximum atomic E-state index is 9.80. The van der Waals surface area contributed by atoms with Crippen LogP contribution in [0.1, 0.15) is 84.5 Å². The van der Waals surface area contributed by atoms with Crippen LogP contribution in [0.3, 0.4) is 0 Å². The maximum absolute atomic E-state index is 9.80. The molecule has 0 radical (unpaired) electrons. The quantitative estimate of drug-likeness (QED) is 0.275. The largest absolute Gasteiger partial charge is 0.217 e. The van der Waals surface area contributed by atoms with Gasteiger partial charge in [-0.05, 0) is 19.8 Å². The lowest BCUT2D eigenvalue weighted by Crippen LogP contribution is -2.40. The van der Waals surface area contributed by atoms with Gasteiger partial charge in [0.05, 0.1) is 7.05 Å². The molecule has 0 heterocycles. The Bertz CT molecular complexity index is 168. The number of hydrogen-bond donors (Lipinski definition) is 1. The van der Waals surface area contributed by atoms with Crippen molar-refractivity contribution in [3.05, 3.63) is 0 Å². The van der Waals surface area contributed by atoms with Crippen molar-refractivity contribution < 1.29 is 9.85 Å². The van der Waals surface area contributed by atoms with Crippen molar-refractivity contribution in [1.82, 2.24) is 0 Å². The van der Waals surface area contributed by atoms with Gasteiger partial charge >= 0.3 is 0 Å². The molecule has 110 valence electrons. The molecule has 0 aromatic rings. The minimum absolute atomic E-state index is 0.192. The zero-order valence-electron chi connectivity index (χ0n) is 13.1. The molecule has 0 aromatic carbocycles. The first-order valence-corrected chi connectivity index (χ1v) is 8.19. The fourth-order valence-corrected chi connectivity index (χ4v) is 2.27. The fraction of sp³-hybridized carbons (Fsp3) is 1.00. The zero-order chi connectivity index (χ0) is 13.7. The second kappa shape index (κ2) is 12.0. The van der Waals surface area contributed by atoms with Crippen LogP contribution in [0.25, 0.3) is 0 Å². The highest BCUT2D eigenvalue weighted by atomic mass is 16.5. The highest BCUT2D eigenvalue weighted by molar-refractivity contribution is 4.47. The molecule has 0 spiro atoms. The van der Waals surface area contributed by atoms with Crippen LogP contribution in [0.5, 0.6) is 0 Å². The number of nitrogens with zero attached hydrogens (tertiary/aromatic N) is 1. The summed E-state index contributed by atoms with van der Waals surface area (Å²) in [5.41, 5.74) is 0. The molecule has 1 atom stereocenters. The van der Waals surface area contributed by atoms with Crippen molar-refractivity contribution in [1.29, 1.82) is 0 Å². The molecular weight excluding hydrogens is 222 g/mol. The van der Waals surface area contributed by atoms with Crippen molar-refractivity contribution in [2.75, 3.05) is 20.1 Å². The smallest absolute Gasteiger partial charge is 0.108 e. The van der Waals surface area contributed by atoms with E-state index in [1.807, 2.05) is 14.0 Å². The van der Waals surface area contributed by atoms with E-state index in [1.54, 1.807) is 0 Å². The summed E-state index contributed by atoms with van der Waals surface area (Å²) in [6.07, 6.45) is 15.1. The molecule has 2 nitrogen and oxygen atoms in total. The van der Waals surface area contributed by atoms with Crippen molar-refractivity contribution >= 4 is 0 Å². The summed E-state index contributed by atoms with van der Waals surface area (Å²) in [4.78, 5) is 0. The number of hydrogen-bond acceptors (Lipinski definition) is 1. The molecule has 0 fully saturated rings. The molecule has 0 saturated heterocycles. The van der Waals surface area contributed by atoms with E-state index < -0.39 is 0 Å². The Labute approximate surface area is 115 Å². The predicted molar refractivity (Wildman–Crippen MR) is 79.8 cm³/mol. The molecule has 0 aromatic heterocycles. The van der Waals surface area contributed by atoms with Gasteiger partial charge in [-0.15, -0.1) is 0 Å². The van der Waals surface area contributed by atoms with Crippen LogP contribution in [-0.2, 0) is 0 Å². The van der Waals surface area contributed by atoms with Crippen molar-refractivity contribution in [3.8, 4) is 0 Å². The number of rotatable bonds is 13. The average Bonchev–Trinajstić information content (AvgIpc) is 2.36. The molecule has 0 aliphatic carbocycles. The molecular formula is C16H36NO+. The second-order valence-electron chi connectivity index (χ2n) is 5.91. The van der Waals surface area contributed by atoms with Crippen LogP contribution >= 0.6 is 0 Å². The van der Waals surface area contributed by atoms with Gasteiger partial charge in [0.2, 0.25) is 0 Å². The van der Waals surface area contributed by atoms with E-state index >= 15 is 0 Å². The SMILES string of the molecule is CCCCCCCCCCCCC[N+](C)(O)CC. The highest BCUT2D eigenvalue weighted by Gasteiger charge is 2.13. The van der Waals surface area contributed by atoms with Crippen LogP contribution in [0, 0.1) is 0 Å². The van der Waals surface area contributed by atoms with Gasteiger partial charge in [-0.1, -0.05) is 64.7 Å². The lowest BCUT2D eigenvalue weighted by molar-refractivity contribution is -1.09. The van der Waals surface area contributed by atoms with E-state index in [-0.39, 0.29) is 4.65 Å².